The highest BCUT2D eigenvalue weighted by molar-refractivity contribution is 4.80. The Bertz CT molecular complexity index is 174. The molecule has 0 aromatic rings. The second-order valence-electron chi connectivity index (χ2n) is 5.78. The zero-order valence-corrected chi connectivity index (χ0v) is 11.4. The molecule has 1 aliphatic rings. The van der Waals surface area contributed by atoms with Gasteiger partial charge in [-0.2, -0.15) is 0 Å². The van der Waals surface area contributed by atoms with E-state index in [1.54, 1.807) is 0 Å². The summed E-state index contributed by atoms with van der Waals surface area (Å²) in [6.45, 7) is 9.17. The molecule has 2 heteroatoms. The van der Waals surface area contributed by atoms with Gasteiger partial charge in [0, 0.05) is 18.6 Å². The zero-order chi connectivity index (χ0) is 12.0. The highest BCUT2D eigenvalue weighted by Gasteiger charge is 2.23. The molecule has 1 saturated carbocycles. The van der Waals surface area contributed by atoms with Crippen molar-refractivity contribution in [2.75, 3.05) is 13.1 Å². The minimum Gasteiger partial charge on any atom is -0.327 e. The third-order valence-corrected chi connectivity index (χ3v) is 3.83. The first-order valence-electron chi connectivity index (χ1n) is 7.13. The molecule has 0 bridgehead atoms. The summed E-state index contributed by atoms with van der Waals surface area (Å²) >= 11 is 0. The zero-order valence-electron chi connectivity index (χ0n) is 11.4. The minimum absolute atomic E-state index is 0.368. The van der Waals surface area contributed by atoms with E-state index >= 15 is 0 Å². The second-order valence-corrected chi connectivity index (χ2v) is 5.78. The molecule has 1 aliphatic carbocycles. The van der Waals surface area contributed by atoms with Crippen LogP contribution in [0.25, 0.3) is 0 Å². The Morgan fingerprint density at radius 1 is 1.25 bits per heavy atom. The first-order valence-corrected chi connectivity index (χ1v) is 7.13. The molecule has 0 amide bonds. The fourth-order valence-electron chi connectivity index (χ4n) is 2.55. The average Bonchev–Trinajstić information content (AvgIpc) is 2.76. The number of nitrogens with two attached hydrogens (primary N) is 1. The van der Waals surface area contributed by atoms with Gasteiger partial charge in [-0.05, 0) is 38.1 Å². The van der Waals surface area contributed by atoms with E-state index in [-0.39, 0.29) is 0 Å². The maximum absolute atomic E-state index is 6.11. The predicted molar refractivity (Wildman–Crippen MR) is 71.6 cm³/mol. The van der Waals surface area contributed by atoms with Gasteiger partial charge >= 0.3 is 0 Å². The van der Waals surface area contributed by atoms with Crippen molar-refractivity contribution >= 4 is 0 Å². The molecule has 0 heterocycles. The van der Waals surface area contributed by atoms with Crippen molar-refractivity contribution in [3.8, 4) is 0 Å². The average molecular weight is 226 g/mol. The van der Waals surface area contributed by atoms with E-state index in [1.807, 2.05) is 0 Å². The SMILES string of the molecule is CCC(N)CN(CCC(C)C)C1CCCC1. The summed E-state index contributed by atoms with van der Waals surface area (Å²) in [6.07, 6.45) is 8.05. The van der Waals surface area contributed by atoms with Gasteiger partial charge in [0.2, 0.25) is 0 Å². The lowest BCUT2D eigenvalue weighted by molar-refractivity contribution is 0.176. The van der Waals surface area contributed by atoms with Crippen LogP contribution in [0, 0.1) is 5.92 Å². The second kappa shape index (κ2) is 7.29. The Hall–Kier alpha value is -0.0800. The molecule has 16 heavy (non-hydrogen) atoms. The molecule has 1 fully saturated rings. The van der Waals surface area contributed by atoms with Crippen molar-refractivity contribution < 1.29 is 0 Å². The number of hydrogen-bond donors (Lipinski definition) is 1. The molecule has 0 aliphatic heterocycles. The molecule has 0 radical (unpaired) electrons. The topological polar surface area (TPSA) is 29.3 Å². The largest absolute Gasteiger partial charge is 0.327 e. The Balaban J connectivity index is 2.40. The first-order chi connectivity index (χ1) is 7.63. The van der Waals surface area contributed by atoms with Crippen LogP contribution in [0.3, 0.4) is 0 Å². The lowest BCUT2D eigenvalue weighted by Gasteiger charge is -2.31. The Morgan fingerprint density at radius 3 is 2.38 bits per heavy atom. The molecule has 1 unspecified atom stereocenters. The Labute approximate surface area is 102 Å². The first kappa shape index (κ1) is 14.0. The fourth-order valence-corrected chi connectivity index (χ4v) is 2.55. The maximum atomic E-state index is 6.11. The molecule has 0 aromatic carbocycles. The van der Waals surface area contributed by atoms with Gasteiger partial charge in [-0.1, -0.05) is 33.6 Å². The molecule has 96 valence electrons. The Kier molecular flexibility index (Phi) is 6.37. The van der Waals surface area contributed by atoms with E-state index in [2.05, 4.69) is 25.7 Å². The van der Waals surface area contributed by atoms with E-state index in [9.17, 15) is 0 Å². The van der Waals surface area contributed by atoms with Crippen LogP contribution in [0.5, 0.6) is 0 Å². The van der Waals surface area contributed by atoms with Gasteiger partial charge in [-0.3, -0.25) is 4.90 Å². The van der Waals surface area contributed by atoms with Gasteiger partial charge in [0.1, 0.15) is 0 Å². The van der Waals surface area contributed by atoms with Gasteiger partial charge in [0.15, 0.2) is 0 Å². The molecule has 2 N–H and O–H groups in total. The van der Waals surface area contributed by atoms with Gasteiger partial charge < -0.3 is 5.73 Å². The van der Waals surface area contributed by atoms with Gasteiger partial charge in [-0.25, -0.2) is 0 Å². The smallest absolute Gasteiger partial charge is 0.0165 e. The van der Waals surface area contributed by atoms with Gasteiger partial charge in [0.05, 0.1) is 0 Å². The normalized spacial score (nSPS) is 19.9. The van der Waals surface area contributed by atoms with Crippen molar-refractivity contribution in [3.05, 3.63) is 0 Å². The van der Waals surface area contributed by atoms with Crippen molar-refractivity contribution in [3.63, 3.8) is 0 Å². The molecule has 0 saturated heterocycles. The van der Waals surface area contributed by atoms with Gasteiger partial charge in [-0.15, -0.1) is 0 Å². The van der Waals surface area contributed by atoms with Crippen LogP contribution >= 0.6 is 0 Å². The highest BCUT2D eigenvalue weighted by atomic mass is 15.2. The van der Waals surface area contributed by atoms with E-state index in [0.717, 1.165) is 24.9 Å². The molecular formula is C14H30N2. The summed E-state index contributed by atoms with van der Waals surface area (Å²) in [7, 11) is 0. The minimum atomic E-state index is 0.368. The van der Waals surface area contributed by atoms with E-state index in [4.69, 9.17) is 5.73 Å². The van der Waals surface area contributed by atoms with Crippen LogP contribution in [-0.2, 0) is 0 Å². The fraction of sp³-hybridized carbons (Fsp3) is 1.00. The molecule has 2 nitrogen and oxygen atoms in total. The van der Waals surface area contributed by atoms with Crippen molar-refractivity contribution in [1.82, 2.24) is 4.90 Å². The van der Waals surface area contributed by atoms with Crippen molar-refractivity contribution in [2.45, 2.75) is 71.4 Å². The van der Waals surface area contributed by atoms with Crippen molar-refractivity contribution in [2.24, 2.45) is 11.7 Å². The molecule has 1 atom stereocenters. The molecule has 1 rings (SSSR count). The number of nitrogens with zero attached hydrogens (tertiary/aromatic N) is 1. The van der Waals surface area contributed by atoms with Crippen LogP contribution < -0.4 is 5.73 Å². The quantitative estimate of drug-likeness (QED) is 0.723. The lowest BCUT2D eigenvalue weighted by atomic mass is 10.1. The van der Waals surface area contributed by atoms with E-state index < -0.39 is 0 Å². The van der Waals surface area contributed by atoms with E-state index in [1.165, 1.54) is 38.6 Å². The summed E-state index contributed by atoms with van der Waals surface area (Å²) in [6, 6.07) is 1.20. The van der Waals surface area contributed by atoms with Crippen molar-refractivity contribution in [1.29, 1.82) is 0 Å². The standard InChI is InChI=1S/C14H30N2/c1-4-13(15)11-16(10-9-12(2)3)14-7-5-6-8-14/h12-14H,4-11,15H2,1-3H3. The molecule has 0 aromatic heterocycles. The van der Waals surface area contributed by atoms with Crippen LogP contribution in [0.2, 0.25) is 0 Å². The van der Waals surface area contributed by atoms with Crippen LogP contribution in [0.4, 0.5) is 0 Å². The highest BCUT2D eigenvalue weighted by Crippen LogP contribution is 2.24. The van der Waals surface area contributed by atoms with Crippen LogP contribution in [-0.4, -0.2) is 30.1 Å². The predicted octanol–water partition coefficient (Wildman–Crippen LogP) is 3.01. The third kappa shape index (κ3) is 4.84. The summed E-state index contributed by atoms with van der Waals surface area (Å²) in [5, 5.41) is 0. The third-order valence-electron chi connectivity index (χ3n) is 3.83. The molecule has 0 spiro atoms. The summed E-state index contributed by atoms with van der Waals surface area (Å²) in [5.74, 6) is 0.807. The summed E-state index contributed by atoms with van der Waals surface area (Å²) < 4.78 is 0. The van der Waals surface area contributed by atoms with Gasteiger partial charge in [0.25, 0.3) is 0 Å². The summed E-state index contributed by atoms with van der Waals surface area (Å²) in [5.41, 5.74) is 6.11. The maximum Gasteiger partial charge on any atom is 0.0165 e. The molecular weight excluding hydrogens is 196 g/mol. The van der Waals surface area contributed by atoms with Crippen LogP contribution in [0.1, 0.15) is 59.3 Å². The monoisotopic (exact) mass is 226 g/mol. The number of rotatable bonds is 7. The number of hydrogen-bond acceptors (Lipinski definition) is 2. The summed E-state index contributed by atoms with van der Waals surface area (Å²) in [4.78, 5) is 2.67. The van der Waals surface area contributed by atoms with Crippen LogP contribution in [0.15, 0.2) is 0 Å². The van der Waals surface area contributed by atoms with E-state index in [0.29, 0.717) is 6.04 Å². The lowest BCUT2D eigenvalue weighted by Crippen LogP contribution is -2.43. The Morgan fingerprint density at radius 2 is 1.88 bits per heavy atom.